The molecule has 0 bridgehead atoms. The predicted octanol–water partition coefficient (Wildman–Crippen LogP) is 4.69. The number of halogens is 1. The topological polar surface area (TPSA) is 49.4 Å². The first kappa shape index (κ1) is 23.0. The van der Waals surface area contributed by atoms with Crippen molar-refractivity contribution in [3.63, 3.8) is 0 Å². The maximum absolute atomic E-state index is 13.2. The number of hydrogen-bond donors (Lipinski definition) is 1. The maximum atomic E-state index is 13.2. The third kappa shape index (κ3) is 7.21. The monoisotopic (exact) mass is 414 g/mol. The Balaban J connectivity index is 2.24. The number of carbonyl (C=O) groups is 2. The van der Waals surface area contributed by atoms with Crippen molar-refractivity contribution in [1.82, 2.24) is 10.2 Å². The molecule has 0 heterocycles. The lowest BCUT2D eigenvalue weighted by molar-refractivity contribution is -0.140. The van der Waals surface area contributed by atoms with Crippen LogP contribution in [0.25, 0.3) is 0 Å². The second-order valence-corrected chi connectivity index (χ2v) is 8.58. The summed E-state index contributed by atoms with van der Waals surface area (Å²) in [6.45, 7) is 10.8. The first-order valence-corrected chi connectivity index (χ1v) is 10.4. The van der Waals surface area contributed by atoms with Crippen LogP contribution in [0, 0.1) is 19.8 Å². The van der Waals surface area contributed by atoms with Crippen LogP contribution in [0.4, 0.5) is 0 Å². The smallest absolute Gasteiger partial charge is 0.242 e. The third-order valence-corrected chi connectivity index (χ3v) is 4.97. The van der Waals surface area contributed by atoms with E-state index in [0.717, 1.165) is 22.3 Å². The highest BCUT2D eigenvalue weighted by atomic mass is 35.5. The molecule has 0 spiro atoms. The van der Waals surface area contributed by atoms with E-state index in [2.05, 4.69) is 11.4 Å². The van der Waals surface area contributed by atoms with Gasteiger partial charge in [0.15, 0.2) is 0 Å². The fourth-order valence-electron chi connectivity index (χ4n) is 3.31. The van der Waals surface area contributed by atoms with Gasteiger partial charge in [0, 0.05) is 18.1 Å². The Morgan fingerprint density at radius 2 is 1.66 bits per heavy atom. The summed E-state index contributed by atoms with van der Waals surface area (Å²) in [6.07, 6.45) is 0.255. The van der Waals surface area contributed by atoms with Crippen molar-refractivity contribution < 1.29 is 9.59 Å². The summed E-state index contributed by atoms with van der Waals surface area (Å²) >= 11 is 6.12. The Bertz CT molecular complexity index is 843. The van der Waals surface area contributed by atoms with E-state index in [0.29, 0.717) is 24.0 Å². The minimum Gasteiger partial charge on any atom is -0.354 e. The van der Waals surface area contributed by atoms with Gasteiger partial charge in [-0.25, -0.2) is 0 Å². The number of nitrogens with one attached hydrogen (secondary N) is 1. The minimum atomic E-state index is -0.578. The molecule has 0 aliphatic heterocycles. The molecular formula is C24H31ClN2O2. The zero-order valence-electron chi connectivity index (χ0n) is 18.0. The van der Waals surface area contributed by atoms with Gasteiger partial charge in [0.2, 0.25) is 11.8 Å². The van der Waals surface area contributed by atoms with Gasteiger partial charge in [-0.15, -0.1) is 0 Å². The fraction of sp³-hybridized carbons (Fsp3) is 0.417. The molecule has 2 aromatic rings. The zero-order valence-corrected chi connectivity index (χ0v) is 18.7. The molecule has 5 heteroatoms. The van der Waals surface area contributed by atoms with Crippen molar-refractivity contribution in [2.45, 2.75) is 53.6 Å². The molecule has 1 N–H and O–H groups in total. The van der Waals surface area contributed by atoms with Crippen molar-refractivity contribution in [1.29, 1.82) is 0 Å². The first-order valence-electron chi connectivity index (χ1n) is 10.0. The molecule has 0 radical (unpaired) electrons. The molecule has 0 saturated heterocycles. The van der Waals surface area contributed by atoms with Gasteiger partial charge in [-0.2, -0.15) is 0 Å². The van der Waals surface area contributed by atoms with Crippen LogP contribution in [-0.4, -0.2) is 29.3 Å². The quantitative estimate of drug-likeness (QED) is 0.681. The number of rotatable bonds is 8. The standard InChI is InChI=1S/C24H31ClN2O2/c1-16(2)14-26-24(29)19(5)27(15-20-7-6-8-22(25)12-20)23(28)13-21-10-17(3)9-18(4)11-21/h6-12,16,19H,13-15H2,1-5H3,(H,26,29)/t19-/m0/s1. The Morgan fingerprint density at radius 3 is 2.24 bits per heavy atom. The van der Waals surface area contributed by atoms with E-state index < -0.39 is 6.04 Å². The molecule has 0 saturated carbocycles. The van der Waals surface area contributed by atoms with Crippen LogP contribution in [0.2, 0.25) is 5.02 Å². The minimum absolute atomic E-state index is 0.0813. The summed E-state index contributed by atoms with van der Waals surface area (Å²) in [4.78, 5) is 27.5. The van der Waals surface area contributed by atoms with Crippen molar-refractivity contribution >= 4 is 23.4 Å². The first-order chi connectivity index (χ1) is 13.7. The summed E-state index contributed by atoms with van der Waals surface area (Å²) < 4.78 is 0. The highest BCUT2D eigenvalue weighted by Gasteiger charge is 2.26. The van der Waals surface area contributed by atoms with Crippen LogP contribution in [0.3, 0.4) is 0 Å². The van der Waals surface area contributed by atoms with Crippen molar-refractivity contribution in [3.05, 3.63) is 69.7 Å². The molecule has 2 amide bonds. The lowest BCUT2D eigenvalue weighted by Gasteiger charge is -2.29. The molecule has 0 aliphatic carbocycles. The number of hydrogen-bond acceptors (Lipinski definition) is 2. The Morgan fingerprint density at radius 1 is 1.00 bits per heavy atom. The van der Waals surface area contributed by atoms with Crippen molar-refractivity contribution in [2.75, 3.05) is 6.54 Å². The zero-order chi connectivity index (χ0) is 21.6. The molecule has 29 heavy (non-hydrogen) atoms. The Labute approximate surface area is 179 Å². The number of amides is 2. The van der Waals surface area contributed by atoms with Gasteiger partial charge in [-0.05, 0) is 49.9 Å². The molecular weight excluding hydrogens is 384 g/mol. The Hall–Kier alpha value is -2.33. The van der Waals surface area contributed by atoms with Gasteiger partial charge in [-0.1, -0.05) is 66.9 Å². The fourth-order valence-corrected chi connectivity index (χ4v) is 3.53. The molecule has 1 atom stereocenters. The summed E-state index contributed by atoms with van der Waals surface area (Å²) in [5, 5.41) is 3.55. The van der Waals surface area contributed by atoms with Crippen LogP contribution < -0.4 is 5.32 Å². The Kier molecular flexibility index (Phi) is 8.27. The van der Waals surface area contributed by atoms with Crippen LogP contribution in [0.5, 0.6) is 0 Å². The van der Waals surface area contributed by atoms with Crippen LogP contribution in [-0.2, 0) is 22.6 Å². The van der Waals surface area contributed by atoms with Crippen LogP contribution in [0.1, 0.15) is 43.0 Å². The highest BCUT2D eigenvalue weighted by Crippen LogP contribution is 2.17. The largest absolute Gasteiger partial charge is 0.354 e. The number of aryl methyl sites for hydroxylation is 2. The van der Waals surface area contributed by atoms with Gasteiger partial charge >= 0.3 is 0 Å². The van der Waals surface area contributed by atoms with E-state index >= 15 is 0 Å². The third-order valence-electron chi connectivity index (χ3n) is 4.73. The molecule has 0 aromatic heterocycles. The molecule has 0 fully saturated rings. The number of carbonyl (C=O) groups excluding carboxylic acids is 2. The van der Waals surface area contributed by atoms with Crippen molar-refractivity contribution in [2.24, 2.45) is 5.92 Å². The average Bonchev–Trinajstić information content (AvgIpc) is 2.62. The maximum Gasteiger partial charge on any atom is 0.242 e. The summed E-state index contributed by atoms with van der Waals surface area (Å²) in [5.74, 6) is 0.121. The second kappa shape index (κ2) is 10.4. The number of nitrogens with zero attached hydrogens (tertiary/aromatic N) is 1. The average molecular weight is 415 g/mol. The normalized spacial score (nSPS) is 12.0. The SMILES string of the molecule is Cc1cc(C)cc(CC(=O)N(Cc2cccc(Cl)c2)[C@@H](C)C(=O)NCC(C)C)c1. The summed E-state index contributed by atoms with van der Waals surface area (Å²) in [6, 6.07) is 12.9. The molecule has 4 nitrogen and oxygen atoms in total. The van der Waals surface area contributed by atoms with Gasteiger partial charge in [0.1, 0.15) is 6.04 Å². The van der Waals surface area contributed by atoms with E-state index in [1.165, 1.54) is 0 Å². The van der Waals surface area contributed by atoms with E-state index in [4.69, 9.17) is 11.6 Å². The molecule has 0 aliphatic rings. The lowest BCUT2D eigenvalue weighted by Crippen LogP contribution is -2.48. The van der Waals surface area contributed by atoms with E-state index in [-0.39, 0.29) is 18.2 Å². The second-order valence-electron chi connectivity index (χ2n) is 8.14. The summed E-state index contributed by atoms with van der Waals surface area (Å²) in [7, 11) is 0. The van der Waals surface area contributed by atoms with Crippen LogP contribution >= 0.6 is 11.6 Å². The summed E-state index contributed by atoms with van der Waals surface area (Å²) in [5.41, 5.74) is 4.10. The molecule has 2 rings (SSSR count). The molecule has 2 aromatic carbocycles. The van der Waals surface area contributed by atoms with E-state index in [1.54, 1.807) is 17.9 Å². The lowest BCUT2D eigenvalue weighted by atomic mass is 10.0. The molecule has 0 unspecified atom stereocenters. The van der Waals surface area contributed by atoms with Gasteiger partial charge < -0.3 is 10.2 Å². The molecule has 156 valence electrons. The van der Waals surface area contributed by atoms with Crippen LogP contribution in [0.15, 0.2) is 42.5 Å². The van der Waals surface area contributed by atoms with Crippen molar-refractivity contribution in [3.8, 4) is 0 Å². The van der Waals surface area contributed by atoms with E-state index in [9.17, 15) is 9.59 Å². The van der Waals surface area contributed by atoms with Gasteiger partial charge in [-0.3, -0.25) is 9.59 Å². The predicted molar refractivity (Wildman–Crippen MR) is 119 cm³/mol. The van der Waals surface area contributed by atoms with E-state index in [1.807, 2.05) is 58.0 Å². The van der Waals surface area contributed by atoms with Gasteiger partial charge in [0.25, 0.3) is 0 Å². The number of benzene rings is 2. The van der Waals surface area contributed by atoms with Gasteiger partial charge in [0.05, 0.1) is 6.42 Å². The highest BCUT2D eigenvalue weighted by molar-refractivity contribution is 6.30.